The summed E-state index contributed by atoms with van der Waals surface area (Å²) in [5, 5.41) is 5.45. The second kappa shape index (κ2) is 9.67. The molecule has 1 aromatic heterocycles. The number of ether oxygens (including phenoxy) is 2. The van der Waals surface area contributed by atoms with Gasteiger partial charge in [-0.15, -0.1) is 11.3 Å². The van der Waals surface area contributed by atoms with Crippen LogP contribution in [0.25, 0.3) is 0 Å². The van der Waals surface area contributed by atoms with Crippen molar-refractivity contribution in [2.45, 2.75) is 20.0 Å². The van der Waals surface area contributed by atoms with Gasteiger partial charge in [-0.25, -0.2) is 9.78 Å². The summed E-state index contributed by atoms with van der Waals surface area (Å²) in [5.74, 6) is 0.0615. The number of thiazole rings is 1. The van der Waals surface area contributed by atoms with E-state index < -0.39 is 5.97 Å². The number of methoxy groups -OCH3 is 1. The van der Waals surface area contributed by atoms with Crippen LogP contribution in [0.2, 0.25) is 0 Å². The standard InChI is InChI=1S/C21H19BrN2O4S/c1-13-3-6-15(7-4-13)23-19(25)10-20-24-16(12-29-20)11-28-18-8-5-14(9-17(18)22)21(26)27-2/h3-9,12H,10-11H2,1-2H3,(H,23,25). The Kier molecular flexibility index (Phi) is 7.00. The molecular formula is C21H19BrN2O4S. The average molecular weight is 475 g/mol. The Morgan fingerprint density at radius 1 is 1.17 bits per heavy atom. The van der Waals surface area contributed by atoms with Crippen LogP contribution in [0.4, 0.5) is 5.69 Å². The van der Waals surface area contributed by atoms with E-state index in [0.717, 1.165) is 16.9 Å². The number of carbonyl (C=O) groups is 2. The van der Waals surface area contributed by atoms with E-state index in [1.54, 1.807) is 18.2 Å². The SMILES string of the molecule is COC(=O)c1ccc(OCc2csc(CC(=O)Nc3ccc(C)cc3)n2)c(Br)c1. The number of hydrogen-bond acceptors (Lipinski definition) is 6. The quantitative estimate of drug-likeness (QED) is 0.499. The van der Waals surface area contributed by atoms with E-state index >= 15 is 0 Å². The number of nitrogens with one attached hydrogen (secondary N) is 1. The molecule has 1 N–H and O–H groups in total. The molecule has 0 atom stereocenters. The molecule has 0 fully saturated rings. The summed E-state index contributed by atoms with van der Waals surface area (Å²) in [7, 11) is 1.33. The number of rotatable bonds is 7. The van der Waals surface area contributed by atoms with Gasteiger partial charge in [0.2, 0.25) is 5.91 Å². The Hall–Kier alpha value is -2.71. The Morgan fingerprint density at radius 3 is 2.62 bits per heavy atom. The predicted molar refractivity (Wildman–Crippen MR) is 115 cm³/mol. The summed E-state index contributed by atoms with van der Waals surface area (Å²) in [6, 6.07) is 12.6. The van der Waals surface area contributed by atoms with Crippen LogP contribution in [0.1, 0.15) is 26.6 Å². The highest BCUT2D eigenvalue weighted by molar-refractivity contribution is 9.10. The first-order valence-corrected chi connectivity index (χ1v) is 10.4. The van der Waals surface area contributed by atoms with Crippen molar-refractivity contribution in [3.8, 4) is 5.75 Å². The Bertz CT molecular complexity index is 1020. The van der Waals surface area contributed by atoms with Crippen molar-refractivity contribution >= 4 is 44.8 Å². The van der Waals surface area contributed by atoms with E-state index in [1.165, 1.54) is 18.4 Å². The summed E-state index contributed by atoms with van der Waals surface area (Å²) in [5.41, 5.74) is 3.07. The minimum atomic E-state index is -0.412. The fourth-order valence-corrected chi connectivity index (χ4v) is 3.76. The maximum absolute atomic E-state index is 12.2. The maximum atomic E-state index is 12.2. The summed E-state index contributed by atoms with van der Waals surface area (Å²) < 4.78 is 11.1. The molecule has 0 aliphatic rings. The molecule has 3 aromatic rings. The Balaban J connectivity index is 1.54. The summed E-state index contributed by atoms with van der Waals surface area (Å²) >= 11 is 4.80. The number of hydrogen-bond donors (Lipinski definition) is 1. The van der Waals surface area contributed by atoms with Gasteiger partial charge in [0.25, 0.3) is 0 Å². The Morgan fingerprint density at radius 2 is 1.93 bits per heavy atom. The number of carbonyl (C=O) groups excluding carboxylic acids is 2. The number of aryl methyl sites for hydroxylation is 1. The molecule has 0 spiro atoms. The number of halogens is 1. The number of nitrogens with zero attached hydrogens (tertiary/aromatic N) is 1. The predicted octanol–water partition coefficient (Wildman–Crippen LogP) is 4.76. The lowest BCUT2D eigenvalue weighted by Crippen LogP contribution is -2.14. The molecule has 0 aliphatic heterocycles. The van der Waals surface area contributed by atoms with Gasteiger partial charge in [0.05, 0.1) is 29.3 Å². The van der Waals surface area contributed by atoms with E-state index in [1.807, 2.05) is 36.6 Å². The summed E-state index contributed by atoms with van der Waals surface area (Å²) in [6.45, 7) is 2.25. The van der Waals surface area contributed by atoms with Gasteiger partial charge in [0, 0.05) is 11.1 Å². The highest BCUT2D eigenvalue weighted by Crippen LogP contribution is 2.27. The van der Waals surface area contributed by atoms with Gasteiger partial charge in [0.1, 0.15) is 17.4 Å². The van der Waals surface area contributed by atoms with Crippen LogP contribution < -0.4 is 10.1 Å². The molecule has 150 valence electrons. The highest BCUT2D eigenvalue weighted by Gasteiger charge is 2.12. The first-order valence-electron chi connectivity index (χ1n) is 8.75. The molecule has 0 aliphatic carbocycles. The van der Waals surface area contributed by atoms with Crippen LogP contribution in [0.5, 0.6) is 5.75 Å². The van der Waals surface area contributed by atoms with Gasteiger partial charge in [0.15, 0.2) is 0 Å². The van der Waals surface area contributed by atoms with E-state index in [4.69, 9.17) is 9.47 Å². The molecule has 1 amide bonds. The van der Waals surface area contributed by atoms with Crippen molar-refractivity contribution in [1.82, 2.24) is 4.98 Å². The normalized spacial score (nSPS) is 10.4. The zero-order chi connectivity index (χ0) is 20.8. The van der Waals surface area contributed by atoms with Crippen molar-refractivity contribution in [3.63, 3.8) is 0 Å². The first kappa shape index (κ1) is 21.0. The van der Waals surface area contributed by atoms with Crippen LogP contribution in [0.15, 0.2) is 52.3 Å². The third-order valence-corrected chi connectivity index (χ3v) is 5.49. The van der Waals surface area contributed by atoms with E-state index in [-0.39, 0.29) is 18.9 Å². The van der Waals surface area contributed by atoms with Gasteiger partial charge >= 0.3 is 5.97 Å². The number of aromatic nitrogens is 1. The van der Waals surface area contributed by atoms with Gasteiger partial charge in [-0.05, 0) is 53.2 Å². The van der Waals surface area contributed by atoms with Crippen molar-refractivity contribution in [2.75, 3.05) is 12.4 Å². The topological polar surface area (TPSA) is 77.5 Å². The third-order valence-electron chi connectivity index (χ3n) is 3.97. The van der Waals surface area contributed by atoms with Crippen molar-refractivity contribution in [2.24, 2.45) is 0 Å². The molecule has 0 radical (unpaired) electrons. The number of anilines is 1. The zero-order valence-corrected chi connectivity index (χ0v) is 18.3. The van der Waals surface area contributed by atoms with Crippen LogP contribution >= 0.6 is 27.3 Å². The summed E-state index contributed by atoms with van der Waals surface area (Å²) in [6.07, 6.45) is 0.204. The van der Waals surface area contributed by atoms with Crippen molar-refractivity contribution in [1.29, 1.82) is 0 Å². The lowest BCUT2D eigenvalue weighted by molar-refractivity contribution is -0.115. The average Bonchev–Trinajstić information content (AvgIpc) is 3.15. The summed E-state index contributed by atoms with van der Waals surface area (Å²) in [4.78, 5) is 28.2. The molecule has 6 nitrogen and oxygen atoms in total. The molecular weight excluding hydrogens is 456 g/mol. The molecule has 0 bridgehead atoms. The van der Waals surface area contributed by atoms with E-state index in [0.29, 0.717) is 20.8 Å². The molecule has 8 heteroatoms. The fourth-order valence-electron chi connectivity index (χ4n) is 2.49. The van der Waals surface area contributed by atoms with E-state index in [2.05, 4.69) is 26.2 Å². The minimum absolute atomic E-state index is 0.114. The van der Waals surface area contributed by atoms with Crippen LogP contribution in [-0.4, -0.2) is 24.0 Å². The molecule has 0 saturated carbocycles. The second-order valence-corrected chi connectivity index (χ2v) is 8.05. The van der Waals surface area contributed by atoms with Gasteiger partial charge in [-0.1, -0.05) is 17.7 Å². The fraction of sp³-hybridized carbons (Fsp3) is 0.190. The number of benzene rings is 2. The molecule has 1 heterocycles. The molecule has 2 aromatic carbocycles. The van der Waals surface area contributed by atoms with Gasteiger partial charge < -0.3 is 14.8 Å². The molecule has 3 rings (SSSR count). The van der Waals surface area contributed by atoms with E-state index in [9.17, 15) is 9.59 Å². The maximum Gasteiger partial charge on any atom is 0.337 e. The molecule has 0 saturated heterocycles. The first-order chi connectivity index (χ1) is 13.9. The Labute approximate surface area is 181 Å². The van der Waals surface area contributed by atoms with Crippen LogP contribution in [0, 0.1) is 6.92 Å². The van der Waals surface area contributed by atoms with Gasteiger partial charge in [-0.3, -0.25) is 4.79 Å². The second-order valence-electron chi connectivity index (χ2n) is 6.25. The van der Waals surface area contributed by atoms with Crippen molar-refractivity contribution < 1.29 is 19.1 Å². The molecule has 0 unspecified atom stereocenters. The lowest BCUT2D eigenvalue weighted by Gasteiger charge is -2.08. The van der Waals surface area contributed by atoms with Crippen molar-refractivity contribution in [3.05, 3.63) is 74.1 Å². The van der Waals surface area contributed by atoms with Gasteiger partial charge in [-0.2, -0.15) is 0 Å². The number of esters is 1. The minimum Gasteiger partial charge on any atom is -0.486 e. The number of amides is 1. The smallest absolute Gasteiger partial charge is 0.337 e. The van der Waals surface area contributed by atoms with Crippen LogP contribution in [-0.2, 0) is 22.6 Å². The monoisotopic (exact) mass is 474 g/mol. The lowest BCUT2D eigenvalue weighted by atomic mass is 10.2. The zero-order valence-electron chi connectivity index (χ0n) is 15.9. The molecule has 29 heavy (non-hydrogen) atoms. The van der Waals surface area contributed by atoms with Crippen LogP contribution in [0.3, 0.4) is 0 Å². The highest BCUT2D eigenvalue weighted by atomic mass is 79.9. The third kappa shape index (κ3) is 5.88. The largest absolute Gasteiger partial charge is 0.486 e.